The van der Waals surface area contributed by atoms with Crippen molar-refractivity contribution in [2.24, 2.45) is 5.73 Å². The van der Waals surface area contributed by atoms with Gasteiger partial charge in [-0.3, -0.25) is 9.59 Å². The number of nitrogens with one attached hydrogen (secondary N) is 2. The highest BCUT2D eigenvalue weighted by Crippen LogP contribution is 2.03. The molecule has 27 heavy (non-hydrogen) atoms. The fourth-order valence-corrected chi connectivity index (χ4v) is 2.27. The van der Waals surface area contributed by atoms with Gasteiger partial charge in [-0.1, -0.05) is 36.4 Å². The normalized spacial score (nSPS) is 12.5. The van der Waals surface area contributed by atoms with Gasteiger partial charge < -0.3 is 26.2 Å². The number of allylic oxidation sites excluding steroid dienone is 1. The Hall–Kier alpha value is -2.87. The molecule has 0 aromatic heterocycles. The van der Waals surface area contributed by atoms with Crippen LogP contribution in [0.25, 0.3) is 0 Å². The molecule has 0 aliphatic heterocycles. The molecule has 8 nitrogen and oxygen atoms in total. The van der Waals surface area contributed by atoms with E-state index in [9.17, 15) is 19.5 Å². The molecule has 1 aromatic carbocycles. The number of primary amides is 1. The Morgan fingerprint density at radius 2 is 1.96 bits per heavy atom. The fourth-order valence-electron chi connectivity index (χ4n) is 2.27. The SMILES string of the molecule is C=CCCC[C@@H](NC(=O)C[C@H](O)CNC(=O)OCc1ccccc1)C(N)=O. The molecule has 0 bridgehead atoms. The first kappa shape index (κ1) is 22.2. The monoisotopic (exact) mass is 377 g/mol. The summed E-state index contributed by atoms with van der Waals surface area (Å²) in [6.45, 7) is 3.54. The van der Waals surface area contributed by atoms with Crippen LogP contribution in [-0.4, -0.2) is 41.7 Å². The number of amides is 3. The van der Waals surface area contributed by atoms with E-state index in [0.29, 0.717) is 19.3 Å². The molecule has 0 saturated carbocycles. The van der Waals surface area contributed by atoms with Gasteiger partial charge in [-0.15, -0.1) is 6.58 Å². The van der Waals surface area contributed by atoms with E-state index >= 15 is 0 Å². The van der Waals surface area contributed by atoms with Crippen LogP contribution in [0.1, 0.15) is 31.2 Å². The largest absolute Gasteiger partial charge is 0.445 e. The van der Waals surface area contributed by atoms with Crippen LogP contribution in [0.5, 0.6) is 0 Å². The molecule has 0 fully saturated rings. The fraction of sp³-hybridized carbons (Fsp3) is 0.421. The minimum absolute atomic E-state index is 0.105. The lowest BCUT2D eigenvalue weighted by atomic mass is 10.1. The van der Waals surface area contributed by atoms with E-state index in [2.05, 4.69) is 17.2 Å². The van der Waals surface area contributed by atoms with Gasteiger partial charge in [-0.05, 0) is 24.8 Å². The third-order valence-electron chi connectivity index (χ3n) is 3.70. The lowest BCUT2D eigenvalue weighted by Gasteiger charge is -2.17. The number of rotatable bonds is 12. The number of aliphatic hydroxyl groups is 1. The molecule has 0 aliphatic rings. The number of hydrogen-bond acceptors (Lipinski definition) is 5. The lowest BCUT2D eigenvalue weighted by molar-refractivity contribution is -0.128. The van der Waals surface area contributed by atoms with E-state index < -0.39 is 30.1 Å². The number of ether oxygens (including phenoxy) is 1. The molecule has 0 unspecified atom stereocenters. The maximum atomic E-state index is 11.9. The Bertz CT molecular complexity index is 621. The molecule has 1 rings (SSSR count). The highest BCUT2D eigenvalue weighted by molar-refractivity contribution is 5.86. The van der Waals surface area contributed by atoms with Crippen LogP contribution in [-0.2, 0) is 20.9 Å². The van der Waals surface area contributed by atoms with Crippen molar-refractivity contribution >= 4 is 17.9 Å². The van der Waals surface area contributed by atoms with Crippen molar-refractivity contribution in [2.45, 2.75) is 44.4 Å². The predicted molar refractivity (Wildman–Crippen MR) is 100 cm³/mol. The van der Waals surface area contributed by atoms with Crippen molar-refractivity contribution in [3.8, 4) is 0 Å². The summed E-state index contributed by atoms with van der Waals surface area (Å²) in [6.07, 6.45) is 1.39. The van der Waals surface area contributed by atoms with Crippen LogP contribution in [0.3, 0.4) is 0 Å². The van der Waals surface area contributed by atoms with Gasteiger partial charge >= 0.3 is 6.09 Å². The van der Waals surface area contributed by atoms with Crippen molar-refractivity contribution in [3.05, 3.63) is 48.6 Å². The maximum Gasteiger partial charge on any atom is 0.407 e. The summed E-state index contributed by atoms with van der Waals surface area (Å²) in [7, 11) is 0. The van der Waals surface area contributed by atoms with E-state index in [1.165, 1.54) is 0 Å². The first-order valence-electron chi connectivity index (χ1n) is 8.74. The summed E-state index contributed by atoms with van der Waals surface area (Å²) in [5.74, 6) is -1.16. The van der Waals surface area contributed by atoms with Gasteiger partial charge in [-0.2, -0.15) is 0 Å². The van der Waals surface area contributed by atoms with Gasteiger partial charge in [0, 0.05) is 6.54 Å². The zero-order valence-electron chi connectivity index (χ0n) is 15.2. The highest BCUT2D eigenvalue weighted by Gasteiger charge is 2.19. The van der Waals surface area contributed by atoms with Crippen LogP contribution < -0.4 is 16.4 Å². The summed E-state index contributed by atoms with van der Waals surface area (Å²) in [4.78, 5) is 34.9. The summed E-state index contributed by atoms with van der Waals surface area (Å²) in [5.41, 5.74) is 6.10. The minimum atomic E-state index is -1.11. The molecule has 2 atom stereocenters. The number of alkyl carbamates (subject to hydrolysis) is 1. The number of carbonyl (C=O) groups excluding carboxylic acids is 3. The first-order valence-corrected chi connectivity index (χ1v) is 8.74. The zero-order chi connectivity index (χ0) is 20.1. The molecule has 0 saturated heterocycles. The van der Waals surface area contributed by atoms with Crippen LogP contribution in [0.15, 0.2) is 43.0 Å². The van der Waals surface area contributed by atoms with Crippen LogP contribution in [0.4, 0.5) is 4.79 Å². The van der Waals surface area contributed by atoms with E-state index in [1.54, 1.807) is 6.08 Å². The van der Waals surface area contributed by atoms with Gasteiger partial charge in [0.25, 0.3) is 0 Å². The number of aliphatic hydroxyl groups excluding tert-OH is 1. The molecular weight excluding hydrogens is 350 g/mol. The second kappa shape index (κ2) is 12.5. The number of benzene rings is 1. The maximum absolute atomic E-state index is 11.9. The van der Waals surface area contributed by atoms with Crippen molar-refractivity contribution in [2.75, 3.05) is 6.54 Å². The van der Waals surface area contributed by atoms with Crippen LogP contribution in [0, 0.1) is 0 Å². The van der Waals surface area contributed by atoms with Crippen molar-refractivity contribution in [3.63, 3.8) is 0 Å². The average molecular weight is 377 g/mol. The first-order chi connectivity index (χ1) is 12.9. The summed E-state index contributed by atoms with van der Waals surface area (Å²) in [6, 6.07) is 8.35. The molecule has 5 N–H and O–H groups in total. The lowest BCUT2D eigenvalue weighted by Crippen LogP contribution is -2.46. The molecule has 0 radical (unpaired) electrons. The zero-order valence-corrected chi connectivity index (χ0v) is 15.2. The molecule has 0 spiro atoms. The van der Waals surface area contributed by atoms with E-state index in [-0.39, 0.29) is 19.6 Å². The average Bonchev–Trinajstić information content (AvgIpc) is 2.64. The third kappa shape index (κ3) is 10.0. The highest BCUT2D eigenvalue weighted by atomic mass is 16.5. The Morgan fingerprint density at radius 1 is 1.26 bits per heavy atom. The quantitative estimate of drug-likeness (QED) is 0.319. The topological polar surface area (TPSA) is 131 Å². The Balaban J connectivity index is 2.28. The Kier molecular flexibility index (Phi) is 10.2. The number of nitrogens with two attached hydrogens (primary N) is 1. The summed E-state index contributed by atoms with van der Waals surface area (Å²) in [5, 5.41) is 14.7. The van der Waals surface area contributed by atoms with Crippen molar-refractivity contribution in [1.29, 1.82) is 0 Å². The van der Waals surface area contributed by atoms with Crippen LogP contribution in [0.2, 0.25) is 0 Å². The molecule has 0 aliphatic carbocycles. The molecule has 0 heterocycles. The third-order valence-corrected chi connectivity index (χ3v) is 3.70. The number of carbonyl (C=O) groups is 3. The molecule has 148 valence electrons. The van der Waals surface area contributed by atoms with E-state index in [1.807, 2.05) is 30.3 Å². The standard InChI is InChI=1S/C19H27N3O5/c1-2-3-5-10-16(18(20)25)22-17(24)11-15(23)12-21-19(26)27-13-14-8-6-4-7-9-14/h2,4,6-9,15-16,23H,1,3,5,10-13H2,(H2,20,25)(H,21,26)(H,22,24)/t15-,16+/m0/s1. The van der Waals surface area contributed by atoms with Gasteiger partial charge in [0.15, 0.2) is 0 Å². The molecule has 1 aromatic rings. The number of hydrogen-bond donors (Lipinski definition) is 4. The van der Waals surface area contributed by atoms with Crippen molar-refractivity contribution < 1.29 is 24.2 Å². The summed E-state index contributed by atoms with van der Waals surface area (Å²) < 4.78 is 5.00. The van der Waals surface area contributed by atoms with Gasteiger partial charge in [0.2, 0.25) is 11.8 Å². The number of unbranched alkanes of at least 4 members (excludes halogenated alkanes) is 1. The van der Waals surface area contributed by atoms with Gasteiger partial charge in [0.1, 0.15) is 12.6 Å². The van der Waals surface area contributed by atoms with E-state index in [4.69, 9.17) is 10.5 Å². The van der Waals surface area contributed by atoms with Gasteiger partial charge in [0.05, 0.1) is 12.5 Å². The second-order valence-corrected chi connectivity index (χ2v) is 6.04. The Labute approximate surface area is 158 Å². The van der Waals surface area contributed by atoms with E-state index in [0.717, 1.165) is 5.56 Å². The van der Waals surface area contributed by atoms with Crippen molar-refractivity contribution in [1.82, 2.24) is 10.6 Å². The van der Waals surface area contributed by atoms with Crippen LogP contribution >= 0.6 is 0 Å². The molecular formula is C19H27N3O5. The Morgan fingerprint density at radius 3 is 2.59 bits per heavy atom. The second-order valence-electron chi connectivity index (χ2n) is 6.04. The minimum Gasteiger partial charge on any atom is -0.445 e. The predicted octanol–water partition coefficient (Wildman–Crippen LogP) is 0.990. The summed E-state index contributed by atoms with van der Waals surface area (Å²) >= 11 is 0. The van der Waals surface area contributed by atoms with Gasteiger partial charge in [-0.25, -0.2) is 4.79 Å². The molecule has 8 heteroatoms. The molecule has 3 amide bonds. The smallest absolute Gasteiger partial charge is 0.407 e.